The lowest BCUT2D eigenvalue weighted by atomic mass is 10.0. The first-order valence-electron chi connectivity index (χ1n) is 6.25. The Morgan fingerprint density at radius 3 is 2.59 bits per heavy atom. The number of rotatable bonds is 6. The third kappa shape index (κ3) is 4.35. The summed E-state index contributed by atoms with van der Waals surface area (Å²) in [6.45, 7) is -0.0340. The summed E-state index contributed by atoms with van der Waals surface area (Å²) in [7, 11) is 0. The van der Waals surface area contributed by atoms with Gasteiger partial charge in [0.2, 0.25) is 0 Å². The number of allylic oxidation sites excluding steroid dienone is 2. The molecule has 0 unspecified atom stereocenters. The molecule has 0 aliphatic heterocycles. The second-order valence-electron chi connectivity index (χ2n) is 4.12. The molecule has 6 nitrogen and oxygen atoms in total. The Bertz CT molecular complexity index is 709. The van der Waals surface area contributed by atoms with Crippen LogP contribution in [0.15, 0.2) is 41.2 Å². The highest BCUT2D eigenvalue weighted by molar-refractivity contribution is 6.32. The first-order valence-corrected chi connectivity index (χ1v) is 6.63. The van der Waals surface area contributed by atoms with Crippen molar-refractivity contribution in [2.24, 2.45) is 5.73 Å². The van der Waals surface area contributed by atoms with E-state index in [1.165, 1.54) is 6.08 Å². The minimum atomic E-state index is -0.312. The van der Waals surface area contributed by atoms with Crippen LogP contribution in [0, 0.1) is 28.1 Å². The molecule has 1 rings (SSSR count). The van der Waals surface area contributed by atoms with Crippen LogP contribution in [0.5, 0.6) is 0 Å². The number of hydrogen-bond donors (Lipinski definition) is 4. The fourth-order valence-corrected chi connectivity index (χ4v) is 1.76. The second-order valence-corrected chi connectivity index (χ2v) is 4.52. The smallest absolute Gasteiger partial charge is 0.118 e. The summed E-state index contributed by atoms with van der Waals surface area (Å²) in [5, 5.41) is 38.1. The molecule has 0 amide bonds. The lowest BCUT2D eigenvalue weighted by Crippen LogP contribution is -2.27. The average molecular weight is 316 g/mol. The molecule has 1 aromatic carbocycles. The summed E-state index contributed by atoms with van der Waals surface area (Å²) in [6, 6.07) is 10.5. The van der Waals surface area contributed by atoms with Gasteiger partial charge in [-0.3, -0.25) is 5.41 Å². The van der Waals surface area contributed by atoms with Crippen LogP contribution >= 0.6 is 11.6 Å². The molecule has 22 heavy (non-hydrogen) atoms. The molecular formula is C15H14ClN5O. The van der Waals surface area contributed by atoms with Crippen LogP contribution in [0.25, 0.3) is 6.08 Å². The zero-order chi connectivity index (χ0) is 16.5. The van der Waals surface area contributed by atoms with E-state index in [1.54, 1.807) is 30.3 Å². The Morgan fingerprint density at radius 1 is 1.36 bits per heavy atom. The lowest BCUT2D eigenvalue weighted by molar-refractivity contribution is 0.297. The van der Waals surface area contributed by atoms with Crippen LogP contribution in [-0.4, -0.2) is 24.0 Å². The minimum absolute atomic E-state index is 0.0431. The molecule has 5 N–H and O–H groups in total. The summed E-state index contributed by atoms with van der Waals surface area (Å²) in [6.07, 6.45) is 1.42. The summed E-state index contributed by atoms with van der Waals surface area (Å²) >= 11 is 6.01. The highest BCUT2D eigenvalue weighted by Crippen LogP contribution is 2.19. The zero-order valence-electron chi connectivity index (χ0n) is 11.6. The van der Waals surface area contributed by atoms with Gasteiger partial charge in [0, 0.05) is 11.6 Å². The van der Waals surface area contributed by atoms with Crippen molar-refractivity contribution in [3.8, 4) is 12.1 Å². The SMILES string of the molecule is N#C/C(=C/c1ccccc1Cl)C(=N)/C(C#N)=C(/N)NCCO. The van der Waals surface area contributed by atoms with Gasteiger partial charge in [-0.1, -0.05) is 29.8 Å². The molecule has 0 aromatic heterocycles. The van der Waals surface area contributed by atoms with E-state index in [0.717, 1.165) is 0 Å². The fourth-order valence-electron chi connectivity index (χ4n) is 1.57. The van der Waals surface area contributed by atoms with E-state index < -0.39 is 0 Å². The molecule has 7 heteroatoms. The molecule has 0 saturated carbocycles. The van der Waals surface area contributed by atoms with Crippen LogP contribution in [0.3, 0.4) is 0 Å². The van der Waals surface area contributed by atoms with Crippen molar-refractivity contribution < 1.29 is 5.11 Å². The molecule has 0 aliphatic rings. The van der Waals surface area contributed by atoms with Crippen molar-refractivity contribution in [3.63, 3.8) is 0 Å². The molecule has 0 heterocycles. The van der Waals surface area contributed by atoms with E-state index in [1.807, 2.05) is 6.07 Å². The number of nitrogens with zero attached hydrogens (tertiary/aromatic N) is 2. The van der Waals surface area contributed by atoms with Gasteiger partial charge in [-0.2, -0.15) is 10.5 Å². The van der Waals surface area contributed by atoms with Gasteiger partial charge >= 0.3 is 0 Å². The Kier molecular flexibility index (Phi) is 6.65. The summed E-state index contributed by atoms with van der Waals surface area (Å²) in [5.41, 5.74) is 5.69. The number of nitriles is 2. The quantitative estimate of drug-likeness (QED) is 0.467. The maximum absolute atomic E-state index is 9.22. The van der Waals surface area contributed by atoms with Crippen molar-refractivity contribution in [1.29, 1.82) is 15.9 Å². The summed E-state index contributed by atoms with van der Waals surface area (Å²) in [5.74, 6) is -0.0677. The van der Waals surface area contributed by atoms with Gasteiger partial charge in [0.05, 0.1) is 17.9 Å². The van der Waals surface area contributed by atoms with Gasteiger partial charge in [-0.05, 0) is 17.7 Å². The molecule has 0 bridgehead atoms. The summed E-state index contributed by atoms with van der Waals surface area (Å²) in [4.78, 5) is 0. The van der Waals surface area contributed by atoms with Crippen LogP contribution in [-0.2, 0) is 0 Å². The number of halogens is 1. The Labute approximate surface area is 133 Å². The van der Waals surface area contributed by atoms with Gasteiger partial charge in [0.1, 0.15) is 23.5 Å². The van der Waals surface area contributed by atoms with Gasteiger partial charge in [-0.15, -0.1) is 0 Å². The number of aliphatic hydroxyl groups is 1. The van der Waals surface area contributed by atoms with E-state index in [9.17, 15) is 5.26 Å². The number of hydrogen-bond acceptors (Lipinski definition) is 6. The van der Waals surface area contributed by atoms with Crippen molar-refractivity contribution in [3.05, 3.63) is 51.8 Å². The third-order valence-electron chi connectivity index (χ3n) is 2.65. The van der Waals surface area contributed by atoms with E-state index in [-0.39, 0.29) is 35.8 Å². The molecule has 112 valence electrons. The van der Waals surface area contributed by atoms with Crippen molar-refractivity contribution in [2.45, 2.75) is 0 Å². The number of benzene rings is 1. The highest BCUT2D eigenvalue weighted by atomic mass is 35.5. The van der Waals surface area contributed by atoms with E-state index in [4.69, 9.17) is 33.1 Å². The van der Waals surface area contributed by atoms with Crippen molar-refractivity contribution in [2.75, 3.05) is 13.2 Å². The number of nitrogens with one attached hydrogen (secondary N) is 2. The first kappa shape index (κ1) is 17.3. The normalized spacial score (nSPS) is 11.9. The van der Waals surface area contributed by atoms with Crippen LogP contribution in [0.2, 0.25) is 5.02 Å². The van der Waals surface area contributed by atoms with E-state index in [0.29, 0.717) is 10.6 Å². The maximum Gasteiger partial charge on any atom is 0.118 e. The fraction of sp³-hybridized carbons (Fsp3) is 0.133. The number of nitrogens with two attached hydrogens (primary N) is 1. The van der Waals surface area contributed by atoms with Gasteiger partial charge in [0.15, 0.2) is 0 Å². The molecule has 1 aromatic rings. The van der Waals surface area contributed by atoms with Gasteiger partial charge in [-0.25, -0.2) is 0 Å². The molecule has 0 fully saturated rings. The Balaban J connectivity index is 3.20. The van der Waals surface area contributed by atoms with Crippen LogP contribution in [0.1, 0.15) is 5.56 Å². The molecule has 0 aliphatic carbocycles. The predicted molar refractivity (Wildman–Crippen MR) is 84.7 cm³/mol. The molecule has 0 spiro atoms. The largest absolute Gasteiger partial charge is 0.395 e. The van der Waals surface area contributed by atoms with Crippen molar-refractivity contribution in [1.82, 2.24) is 5.32 Å². The Morgan fingerprint density at radius 2 is 2.05 bits per heavy atom. The van der Waals surface area contributed by atoms with Gasteiger partial charge < -0.3 is 16.2 Å². The second kappa shape index (κ2) is 8.48. The maximum atomic E-state index is 9.22. The average Bonchev–Trinajstić information content (AvgIpc) is 2.52. The monoisotopic (exact) mass is 315 g/mol. The molecule has 0 saturated heterocycles. The lowest BCUT2D eigenvalue weighted by Gasteiger charge is -2.08. The van der Waals surface area contributed by atoms with Crippen LogP contribution in [0.4, 0.5) is 0 Å². The predicted octanol–water partition coefficient (Wildman–Crippen LogP) is 1.54. The minimum Gasteiger partial charge on any atom is -0.395 e. The standard InChI is InChI=1S/C15H14ClN5O/c16-13-4-2-1-3-10(13)7-11(8-17)14(19)12(9-18)15(20)21-5-6-22/h1-4,7,19,21-22H,5-6,20H2/b11-7-,15-12-,19-14?. The van der Waals surface area contributed by atoms with Crippen molar-refractivity contribution >= 4 is 23.4 Å². The van der Waals surface area contributed by atoms with E-state index in [2.05, 4.69) is 5.32 Å². The number of aliphatic hydroxyl groups excluding tert-OH is 1. The van der Waals surface area contributed by atoms with E-state index >= 15 is 0 Å². The molecular weight excluding hydrogens is 302 g/mol. The Hall–Kier alpha value is -2.80. The zero-order valence-corrected chi connectivity index (χ0v) is 12.4. The van der Waals surface area contributed by atoms with Crippen LogP contribution < -0.4 is 11.1 Å². The first-order chi connectivity index (χ1) is 10.5. The molecule has 0 atom stereocenters. The highest BCUT2D eigenvalue weighted by Gasteiger charge is 2.15. The topological polar surface area (TPSA) is 130 Å². The van der Waals surface area contributed by atoms with Gasteiger partial charge in [0.25, 0.3) is 0 Å². The molecule has 0 radical (unpaired) electrons. The third-order valence-corrected chi connectivity index (χ3v) is 3.00. The summed E-state index contributed by atoms with van der Waals surface area (Å²) < 4.78 is 0.